The highest BCUT2D eigenvalue weighted by atomic mass is 19.1. The van der Waals surface area contributed by atoms with Crippen LogP contribution in [0.5, 0.6) is 0 Å². The highest BCUT2D eigenvalue weighted by Gasteiger charge is 2.25. The lowest BCUT2D eigenvalue weighted by Crippen LogP contribution is -2.25. The summed E-state index contributed by atoms with van der Waals surface area (Å²) in [6.45, 7) is 3.66. The molecule has 0 saturated carbocycles. The molecule has 140 valence electrons. The maximum atomic E-state index is 12.9. The topological polar surface area (TPSA) is 108 Å². The smallest absolute Gasteiger partial charge is 0.358 e. The highest BCUT2D eigenvalue weighted by molar-refractivity contribution is 5.92. The third-order valence-electron chi connectivity index (χ3n) is 3.99. The molecule has 0 aliphatic carbocycles. The van der Waals surface area contributed by atoms with Crippen LogP contribution < -0.4 is 5.32 Å². The number of nitrogens with zero attached hydrogens (tertiary/aromatic N) is 5. The molecular formula is C17H17FN6O3. The van der Waals surface area contributed by atoms with Crippen LogP contribution in [0.15, 0.2) is 42.6 Å². The van der Waals surface area contributed by atoms with Crippen molar-refractivity contribution in [2.45, 2.75) is 26.4 Å². The van der Waals surface area contributed by atoms with Crippen molar-refractivity contribution in [3.63, 3.8) is 0 Å². The van der Waals surface area contributed by atoms with E-state index in [1.54, 1.807) is 42.9 Å². The predicted molar refractivity (Wildman–Crippen MR) is 94.7 cm³/mol. The number of nitro groups is 1. The summed E-state index contributed by atoms with van der Waals surface area (Å²) in [7, 11) is 0. The van der Waals surface area contributed by atoms with Gasteiger partial charge in [-0.2, -0.15) is 9.78 Å². The van der Waals surface area contributed by atoms with E-state index < -0.39 is 16.9 Å². The molecule has 1 atom stereocenters. The summed E-state index contributed by atoms with van der Waals surface area (Å²) in [5, 5.41) is 21.6. The van der Waals surface area contributed by atoms with Gasteiger partial charge in [-0.15, -0.1) is 0 Å². The molecule has 10 heteroatoms. The van der Waals surface area contributed by atoms with Crippen molar-refractivity contribution in [3.8, 4) is 0 Å². The first-order chi connectivity index (χ1) is 12.8. The molecule has 3 aromatic rings. The van der Waals surface area contributed by atoms with Crippen molar-refractivity contribution < 1.29 is 14.1 Å². The van der Waals surface area contributed by atoms with Crippen LogP contribution in [-0.2, 0) is 11.3 Å². The van der Waals surface area contributed by atoms with Crippen LogP contribution in [0.1, 0.15) is 24.2 Å². The molecule has 0 aliphatic rings. The molecule has 0 spiro atoms. The molecule has 27 heavy (non-hydrogen) atoms. The highest BCUT2D eigenvalue weighted by Crippen LogP contribution is 2.17. The summed E-state index contributed by atoms with van der Waals surface area (Å²) in [6.07, 6.45) is 1.69. The number of carbonyl (C=O) groups is 1. The molecule has 0 fully saturated rings. The second kappa shape index (κ2) is 7.36. The number of aryl methyl sites for hydroxylation is 1. The van der Waals surface area contributed by atoms with Gasteiger partial charge in [-0.05, 0) is 36.5 Å². The largest absolute Gasteiger partial charge is 0.390 e. The van der Waals surface area contributed by atoms with Gasteiger partial charge in [0.05, 0.1) is 23.4 Å². The molecule has 1 unspecified atom stereocenters. The Labute approximate surface area is 153 Å². The maximum absolute atomic E-state index is 12.9. The van der Waals surface area contributed by atoms with Gasteiger partial charge in [0.1, 0.15) is 11.9 Å². The maximum Gasteiger partial charge on any atom is 0.390 e. The molecule has 9 nitrogen and oxygen atoms in total. The van der Waals surface area contributed by atoms with Crippen molar-refractivity contribution in [1.29, 1.82) is 0 Å². The van der Waals surface area contributed by atoms with Gasteiger partial charge in [0, 0.05) is 12.3 Å². The van der Waals surface area contributed by atoms with Gasteiger partial charge in [-0.3, -0.25) is 9.48 Å². The van der Waals surface area contributed by atoms with Crippen molar-refractivity contribution in [2.75, 3.05) is 5.32 Å². The van der Waals surface area contributed by atoms with Crippen LogP contribution in [-0.4, -0.2) is 30.4 Å². The normalized spacial score (nSPS) is 12.0. The summed E-state index contributed by atoms with van der Waals surface area (Å²) in [4.78, 5) is 22.6. The molecule has 0 radical (unpaired) electrons. The Kier molecular flexibility index (Phi) is 4.97. The second-order valence-corrected chi connectivity index (χ2v) is 6.04. The van der Waals surface area contributed by atoms with Crippen LogP contribution in [0.3, 0.4) is 0 Å². The van der Waals surface area contributed by atoms with Crippen molar-refractivity contribution in [2.24, 2.45) is 0 Å². The molecule has 3 rings (SSSR count). The minimum atomic E-state index is -0.749. The Morgan fingerprint density at radius 3 is 2.63 bits per heavy atom. The average Bonchev–Trinajstić information content (AvgIpc) is 3.23. The first-order valence-corrected chi connectivity index (χ1v) is 8.13. The van der Waals surface area contributed by atoms with Crippen molar-refractivity contribution in [1.82, 2.24) is 19.6 Å². The van der Waals surface area contributed by atoms with E-state index in [-0.39, 0.29) is 11.6 Å². The van der Waals surface area contributed by atoms with Crippen LogP contribution in [0.2, 0.25) is 0 Å². The lowest BCUT2D eigenvalue weighted by molar-refractivity contribution is -0.389. The predicted octanol–water partition coefficient (Wildman–Crippen LogP) is 2.68. The van der Waals surface area contributed by atoms with E-state index in [9.17, 15) is 19.3 Å². The Bertz CT molecular complexity index is 979. The number of aromatic nitrogens is 4. The van der Waals surface area contributed by atoms with Gasteiger partial charge < -0.3 is 15.4 Å². The van der Waals surface area contributed by atoms with Crippen molar-refractivity contribution in [3.05, 3.63) is 69.8 Å². The second-order valence-electron chi connectivity index (χ2n) is 6.04. The Hall–Kier alpha value is -3.56. The zero-order chi connectivity index (χ0) is 19.6. The quantitative estimate of drug-likeness (QED) is 0.529. The van der Waals surface area contributed by atoms with Crippen LogP contribution in [0.4, 0.5) is 16.0 Å². The zero-order valence-electron chi connectivity index (χ0n) is 14.7. The molecule has 1 aromatic carbocycles. The lowest BCUT2D eigenvalue weighted by atomic mass is 10.2. The average molecular weight is 372 g/mol. The first-order valence-electron chi connectivity index (χ1n) is 8.13. The minimum Gasteiger partial charge on any atom is -0.358 e. The number of hydrogen-bond acceptors (Lipinski definition) is 5. The Balaban J connectivity index is 1.66. The van der Waals surface area contributed by atoms with Crippen LogP contribution in [0, 0.1) is 22.9 Å². The molecular weight excluding hydrogens is 355 g/mol. The van der Waals surface area contributed by atoms with E-state index >= 15 is 0 Å². The van der Waals surface area contributed by atoms with Gasteiger partial charge in [-0.1, -0.05) is 12.1 Å². The first kappa shape index (κ1) is 18.2. The number of anilines is 1. The zero-order valence-corrected chi connectivity index (χ0v) is 14.7. The van der Waals surface area contributed by atoms with Gasteiger partial charge >= 0.3 is 5.82 Å². The molecule has 1 amide bonds. The number of hydrogen-bond donors (Lipinski definition) is 1. The molecule has 0 saturated heterocycles. The molecule has 2 aromatic heterocycles. The number of rotatable bonds is 6. The van der Waals surface area contributed by atoms with E-state index in [0.29, 0.717) is 18.1 Å². The third-order valence-corrected chi connectivity index (χ3v) is 3.99. The monoisotopic (exact) mass is 372 g/mol. The number of nitrogens with one attached hydrogen (secondary N) is 1. The van der Waals surface area contributed by atoms with Gasteiger partial charge in [0.2, 0.25) is 0 Å². The van der Waals surface area contributed by atoms with Gasteiger partial charge in [0.15, 0.2) is 5.82 Å². The van der Waals surface area contributed by atoms with Gasteiger partial charge in [0.25, 0.3) is 5.91 Å². The lowest BCUT2D eigenvalue weighted by Gasteiger charge is -2.09. The van der Waals surface area contributed by atoms with E-state index in [1.165, 1.54) is 22.9 Å². The van der Waals surface area contributed by atoms with E-state index in [2.05, 4.69) is 15.5 Å². The fraction of sp³-hybridized carbons (Fsp3) is 0.235. The summed E-state index contributed by atoms with van der Waals surface area (Å²) in [6, 6.07) is 8.24. The summed E-state index contributed by atoms with van der Waals surface area (Å²) in [5.41, 5.74) is 1.37. The number of amides is 1. The number of benzene rings is 1. The SMILES string of the molecule is Cc1cc([N+](=O)[O-])nn1C(C)C(=O)Nc1ccn(Cc2ccc(F)cc2)n1. The van der Waals surface area contributed by atoms with Crippen LogP contribution >= 0.6 is 0 Å². The third kappa shape index (κ3) is 4.17. The fourth-order valence-corrected chi connectivity index (χ4v) is 2.59. The van der Waals surface area contributed by atoms with E-state index in [1.807, 2.05) is 0 Å². The fourth-order valence-electron chi connectivity index (χ4n) is 2.59. The van der Waals surface area contributed by atoms with E-state index in [4.69, 9.17) is 0 Å². The summed E-state index contributed by atoms with van der Waals surface area (Å²) < 4.78 is 15.9. The number of carbonyl (C=O) groups excluding carboxylic acids is 1. The minimum absolute atomic E-state index is 0.310. The van der Waals surface area contributed by atoms with Crippen LogP contribution in [0.25, 0.3) is 0 Å². The summed E-state index contributed by atoms with van der Waals surface area (Å²) >= 11 is 0. The van der Waals surface area contributed by atoms with E-state index in [0.717, 1.165) is 5.56 Å². The standard InChI is InChI=1S/C17H17FN6O3/c1-11-9-16(24(26)27)21-23(11)12(2)17(25)19-15-7-8-22(20-15)10-13-3-5-14(18)6-4-13/h3-9,12H,10H2,1-2H3,(H,19,20,25). The van der Waals surface area contributed by atoms with Crippen molar-refractivity contribution >= 4 is 17.5 Å². The number of halogens is 1. The molecule has 1 N–H and O–H groups in total. The molecule has 0 aliphatic heterocycles. The molecule has 0 bridgehead atoms. The summed E-state index contributed by atoms with van der Waals surface area (Å²) in [5.74, 6) is -0.678. The Morgan fingerprint density at radius 1 is 1.30 bits per heavy atom. The van der Waals surface area contributed by atoms with Gasteiger partial charge in [-0.25, -0.2) is 4.39 Å². The Morgan fingerprint density at radius 2 is 2.00 bits per heavy atom. The molecule has 2 heterocycles.